The van der Waals surface area contributed by atoms with E-state index in [1.165, 1.54) is 4.88 Å². The van der Waals surface area contributed by atoms with E-state index in [1.54, 1.807) is 4.52 Å². The van der Waals surface area contributed by atoms with Crippen LogP contribution >= 0.6 is 11.3 Å². The van der Waals surface area contributed by atoms with Gasteiger partial charge in [-0.25, -0.2) is 0 Å². The molecule has 3 rings (SSSR count). The largest absolute Gasteiger partial charge is 0.368 e. The Morgan fingerprint density at radius 1 is 1.30 bits per heavy atom. The average Bonchev–Trinajstić information content (AvgIpc) is 3.07. The van der Waals surface area contributed by atoms with Gasteiger partial charge in [0.05, 0.1) is 0 Å². The molecule has 0 radical (unpaired) electrons. The van der Waals surface area contributed by atoms with Crippen LogP contribution in [0.1, 0.15) is 17.6 Å². The maximum absolute atomic E-state index is 4.49. The van der Waals surface area contributed by atoms with Crippen LogP contribution in [0.3, 0.4) is 0 Å². The molecule has 1 atom stereocenters. The normalized spacial score (nSPS) is 12.7. The van der Waals surface area contributed by atoms with Gasteiger partial charge in [0.25, 0.3) is 0 Å². The SMILES string of the molecule is Cc1nnc2ccc(NC[C@@H](C)Cc3cccs3)nn12. The summed E-state index contributed by atoms with van der Waals surface area (Å²) in [6.07, 6.45) is 1.10. The van der Waals surface area contributed by atoms with Gasteiger partial charge in [0, 0.05) is 11.4 Å². The second-order valence-electron chi connectivity index (χ2n) is 5.01. The van der Waals surface area contributed by atoms with Gasteiger partial charge >= 0.3 is 0 Å². The van der Waals surface area contributed by atoms with E-state index in [9.17, 15) is 0 Å². The molecule has 3 aromatic heterocycles. The fourth-order valence-electron chi connectivity index (χ4n) is 2.11. The van der Waals surface area contributed by atoms with Crippen molar-refractivity contribution < 1.29 is 0 Å². The van der Waals surface area contributed by atoms with Crippen LogP contribution in [0.25, 0.3) is 5.65 Å². The minimum Gasteiger partial charge on any atom is -0.368 e. The molecule has 1 N–H and O–H groups in total. The fourth-order valence-corrected chi connectivity index (χ4v) is 2.98. The van der Waals surface area contributed by atoms with Gasteiger partial charge in [-0.15, -0.1) is 26.6 Å². The molecule has 5 nitrogen and oxygen atoms in total. The van der Waals surface area contributed by atoms with E-state index >= 15 is 0 Å². The second-order valence-corrected chi connectivity index (χ2v) is 6.04. The number of hydrogen-bond acceptors (Lipinski definition) is 5. The molecule has 0 aliphatic rings. The summed E-state index contributed by atoms with van der Waals surface area (Å²) in [4.78, 5) is 1.43. The van der Waals surface area contributed by atoms with Crippen molar-refractivity contribution in [1.29, 1.82) is 0 Å². The Hall–Kier alpha value is -1.95. The van der Waals surface area contributed by atoms with E-state index in [-0.39, 0.29) is 0 Å². The molecule has 0 saturated heterocycles. The van der Waals surface area contributed by atoms with E-state index in [0.717, 1.165) is 30.3 Å². The summed E-state index contributed by atoms with van der Waals surface area (Å²) in [6.45, 7) is 5.04. The highest BCUT2D eigenvalue weighted by Crippen LogP contribution is 2.15. The van der Waals surface area contributed by atoms with E-state index in [1.807, 2.05) is 30.4 Å². The molecule has 0 amide bonds. The number of anilines is 1. The van der Waals surface area contributed by atoms with Gasteiger partial charge in [-0.05, 0) is 42.8 Å². The molecule has 20 heavy (non-hydrogen) atoms. The summed E-state index contributed by atoms with van der Waals surface area (Å²) < 4.78 is 1.76. The van der Waals surface area contributed by atoms with Crippen LogP contribution in [0, 0.1) is 12.8 Å². The molecular formula is C14H17N5S. The highest BCUT2D eigenvalue weighted by Gasteiger charge is 2.07. The van der Waals surface area contributed by atoms with E-state index in [0.29, 0.717) is 5.92 Å². The molecule has 6 heteroatoms. The van der Waals surface area contributed by atoms with Crippen LogP contribution < -0.4 is 5.32 Å². The Morgan fingerprint density at radius 2 is 2.20 bits per heavy atom. The Bertz CT molecular complexity index is 689. The molecule has 104 valence electrons. The smallest absolute Gasteiger partial charge is 0.178 e. The maximum Gasteiger partial charge on any atom is 0.178 e. The first-order valence-corrected chi connectivity index (χ1v) is 7.55. The van der Waals surface area contributed by atoms with Crippen LogP contribution in [0.4, 0.5) is 5.82 Å². The van der Waals surface area contributed by atoms with Gasteiger partial charge in [0.1, 0.15) is 5.82 Å². The molecule has 0 saturated carbocycles. The van der Waals surface area contributed by atoms with Gasteiger partial charge in [0.2, 0.25) is 0 Å². The molecule has 3 heterocycles. The third-order valence-corrected chi connectivity index (χ3v) is 4.08. The molecule has 0 fully saturated rings. The highest BCUT2D eigenvalue weighted by molar-refractivity contribution is 7.09. The molecule has 3 aromatic rings. The minimum absolute atomic E-state index is 0.563. The third-order valence-electron chi connectivity index (χ3n) is 3.18. The van der Waals surface area contributed by atoms with Gasteiger partial charge in [-0.2, -0.15) is 4.52 Å². The van der Waals surface area contributed by atoms with Crippen LogP contribution in [0.15, 0.2) is 29.6 Å². The van der Waals surface area contributed by atoms with Crippen LogP contribution in [-0.4, -0.2) is 26.4 Å². The van der Waals surface area contributed by atoms with E-state index < -0.39 is 0 Å². The third kappa shape index (κ3) is 2.80. The zero-order valence-corrected chi connectivity index (χ0v) is 12.4. The first-order valence-electron chi connectivity index (χ1n) is 6.67. The lowest BCUT2D eigenvalue weighted by molar-refractivity contribution is 0.615. The monoisotopic (exact) mass is 287 g/mol. The number of nitrogens with one attached hydrogen (secondary N) is 1. The average molecular weight is 287 g/mol. The summed E-state index contributed by atoms with van der Waals surface area (Å²) in [5, 5.41) is 18.0. The number of fused-ring (bicyclic) bond motifs is 1. The van der Waals surface area contributed by atoms with Gasteiger partial charge in [0.15, 0.2) is 11.5 Å². The van der Waals surface area contributed by atoms with Gasteiger partial charge in [-0.1, -0.05) is 13.0 Å². The quantitative estimate of drug-likeness (QED) is 0.784. The predicted molar refractivity (Wildman–Crippen MR) is 81.2 cm³/mol. The lowest BCUT2D eigenvalue weighted by atomic mass is 10.1. The Kier molecular flexibility index (Phi) is 3.64. The summed E-state index contributed by atoms with van der Waals surface area (Å²) in [6, 6.07) is 8.16. The van der Waals surface area contributed by atoms with Crippen molar-refractivity contribution in [3.05, 3.63) is 40.3 Å². The van der Waals surface area contributed by atoms with Crippen molar-refractivity contribution in [2.24, 2.45) is 5.92 Å². The molecule has 0 unspecified atom stereocenters. The van der Waals surface area contributed by atoms with Gasteiger partial charge < -0.3 is 5.32 Å². The zero-order valence-electron chi connectivity index (χ0n) is 11.6. The molecule has 0 aliphatic heterocycles. The first kappa shape index (κ1) is 13.1. The van der Waals surface area contributed by atoms with Crippen LogP contribution in [0.5, 0.6) is 0 Å². The molecule has 0 aromatic carbocycles. The molecule has 0 aliphatic carbocycles. The topological polar surface area (TPSA) is 55.1 Å². The zero-order chi connectivity index (χ0) is 13.9. The molecule has 0 bridgehead atoms. The van der Waals surface area contributed by atoms with Crippen molar-refractivity contribution in [3.8, 4) is 0 Å². The standard InChI is InChI=1S/C14H17N5S/c1-10(8-12-4-3-7-20-12)9-15-13-5-6-14-17-16-11(2)19(14)18-13/h3-7,10H,8-9H2,1-2H3,(H,15,18)/t10-/m0/s1. The summed E-state index contributed by atoms with van der Waals surface area (Å²) in [5.74, 6) is 2.22. The molecular weight excluding hydrogens is 270 g/mol. The summed E-state index contributed by atoms with van der Waals surface area (Å²) in [5.41, 5.74) is 0.777. The lowest BCUT2D eigenvalue weighted by Gasteiger charge is -2.12. The van der Waals surface area contributed by atoms with Crippen molar-refractivity contribution >= 4 is 22.8 Å². The Labute approximate surface area is 121 Å². The van der Waals surface area contributed by atoms with Gasteiger partial charge in [-0.3, -0.25) is 0 Å². The van der Waals surface area contributed by atoms with Crippen LogP contribution in [-0.2, 0) is 6.42 Å². The summed E-state index contributed by atoms with van der Waals surface area (Å²) >= 11 is 1.81. The predicted octanol–water partition coefficient (Wildman–Crippen LogP) is 2.78. The first-order chi connectivity index (χ1) is 9.72. The van der Waals surface area contributed by atoms with Crippen molar-refractivity contribution in [3.63, 3.8) is 0 Å². The van der Waals surface area contributed by atoms with Crippen molar-refractivity contribution in [2.75, 3.05) is 11.9 Å². The van der Waals surface area contributed by atoms with Crippen LogP contribution in [0.2, 0.25) is 0 Å². The fraction of sp³-hybridized carbons (Fsp3) is 0.357. The number of rotatable bonds is 5. The van der Waals surface area contributed by atoms with Crippen molar-refractivity contribution in [1.82, 2.24) is 19.8 Å². The van der Waals surface area contributed by atoms with E-state index in [2.05, 4.69) is 45.0 Å². The molecule has 0 spiro atoms. The summed E-state index contributed by atoms with van der Waals surface area (Å²) in [7, 11) is 0. The Morgan fingerprint density at radius 3 is 3.00 bits per heavy atom. The highest BCUT2D eigenvalue weighted by atomic mass is 32.1. The Balaban J connectivity index is 1.63. The van der Waals surface area contributed by atoms with Crippen molar-refractivity contribution in [2.45, 2.75) is 20.3 Å². The van der Waals surface area contributed by atoms with E-state index in [4.69, 9.17) is 0 Å². The maximum atomic E-state index is 4.49. The number of aryl methyl sites for hydroxylation is 1. The lowest BCUT2D eigenvalue weighted by Crippen LogP contribution is -2.14. The minimum atomic E-state index is 0.563. The number of thiophene rings is 1. The number of aromatic nitrogens is 4. The number of hydrogen-bond donors (Lipinski definition) is 1. The number of nitrogens with zero attached hydrogens (tertiary/aromatic N) is 4. The second kappa shape index (κ2) is 5.58.